The molecule has 0 heterocycles. The number of alkyl halides is 1. The van der Waals surface area contributed by atoms with E-state index in [0.717, 1.165) is 25.2 Å². The molecule has 1 rings (SSSR count). The predicted molar refractivity (Wildman–Crippen MR) is 75.1 cm³/mol. The zero-order valence-electron chi connectivity index (χ0n) is 10.9. The third kappa shape index (κ3) is 6.58. The fraction of sp³-hybridized carbons (Fsp3) is 0.600. The van der Waals surface area contributed by atoms with E-state index >= 15 is 0 Å². The first kappa shape index (κ1) is 14.4. The van der Waals surface area contributed by atoms with Crippen LogP contribution in [0.4, 0.5) is 0 Å². The highest BCUT2D eigenvalue weighted by atomic mass is 35.5. The van der Waals surface area contributed by atoms with Gasteiger partial charge in [0.1, 0.15) is 5.75 Å². The van der Waals surface area contributed by atoms with Gasteiger partial charge in [-0.1, -0.05) is 38.3 Å². The van der Waals surface area contributed by atoms with Crippen molar-refractivity contribution >= 4 is 11.6 Å². The van der Waals surface area contributed by atoms with Crippen LogP contribution in [0.25, 0.3) is 0 Å². The van der Waals surface area contributed by atoms with E-state index in [1.165, 1.54) is 24.8 Å². The second kappa shape index (κ2) is 8.41. The van der Waals surface area contributed by atoms with E-state index in [9.17, 15) is 0 Å². The van der Waals surface area contributed by atoms with E-state index in [4.69, 9.17) is 16.3 Å². The van der Waals surface area contributed by atoms with Crippen molar-refractivity contribution in [2.45, 2.75) is 51.3 Å². The first-order valence-electron chi connectivity index (χ1n) is 6.58. The van der Waals surface area contributed by atoms with Gasteiger partial charge in [0.15, 0.2) is 0 Å². The molecule has 2 heteroatoms. The molecule has 0 N–H and O–H groups in total. The van der Waals surface area contributed by atoms with E-state index in [1.807, 2.05) is 19.1 Å². The summed E-state index contributed by atoms with van der Waals surface area (Å²) in [6, 6.07) is 8.25. The van der Waals surface area contributed by atoms with Gasteiger partial charge in [0.05, 0.1) is 6.61 Å². The van der Waals surface area contributed by atoms with Crippen LogP contribution >= 0.6 is 11.6 Å². The molecule has 1 unspecified atom stereocenters. The molecule has 0 aliphatic heterocycles. The SMILES string of the molecule is CCCCCCOc1cccc(CC(C)Cl)c1. The van der Waals surface area contributed by atoms with Crippen LogP contribution in [0.5, 0.6) is 5.75 Å². The monoisotopic (exact) mass is 254 g/mol. The van der Waals surface area contributed by atoms with E-state index in [2.05, 4.69) is 19.1 Å². The fourth-order valence-electron chi connectivity index (χ4n) is 1.81. The molecular weight excluding hydrogens is 232 g/mol. The van der Waals surface area contributed by atoms with Crippen molar-refractivity contribution in [3.8, 4) is 5.75 Å². The molecule has 1 aromatic carbocycles. The van der Waals surface area contributed by atoms with Crippen molar-refractivity contribution in [1.29, 1.82) is 0 Å². The van der Waals surface area contributed by atoms with E-state index < -0.39 is 0 Å². The fourth-order valence-corrected chi connectivity index (χ4v) is 1.98. The molecule has 0 radical (unpaired) electrons. The van der Waals surface area contributed by atoms with Gasteiger partial charge in [-0.05, 0) is 37.5 Å². The zero-order valence-corrected chi connectivity index (χ0v) is 11.7. The van der Waals surface area contributed by atoms with E-state index in [1.54, 1.807) is 0 Å². The summed E-state index contributed by atoms with van der Waals surface area (Å²) >= 11 is 5.99. The number of unbranched alkanes of at least 4 members (excludes halogenated alkanes) is 3. The van der Waals surface area contributed by atoms with Crippen molar-refractivity contribution in [2.24, 2.45) is 0 Å². The molecule has 0 aromatic heterocycles. The standard InChI is InChI=1S/C15H23ClO/c1-3-4-5-6-10-17-15-9-7-8-14(12-15)11-13(2)16/h7-9,12-13H,3-6,10-11H2,1-2H3. The molecule has 17 heavy (non-hydrogen) atoms. The van der Waals surface area contributed by atoms with Gasteiger partial charge in [0, 0.05) is 5.38 Å². The number of ether oxygens (including phenoxy) is 1. The van der Waals surface area contributed by atoms with E-state index in [-0.39, 0.29) is 5.38 Å². The minimum Gasteiger partial charge on any atom is -0.494 e. The topological polar surface area (TPSA) is 9.23 Å². The highest BCUT2D eigenvalue weighted by Crippen LogP contribution is 2.16. The summed E-state index contributed by atoms with van der Waals surface area (Å²) in [5.74, 6) is 0.969. The number of hydrogen-bond acceptors (Lipinski definition) is 1. The first-order chi connectivity index (χ1) is 8.22. The van der Waals surface area contributed by atoms with Crippen molar-refractivity contribution in [3.63, 3.8) is 0 Å². The highest BCUT2D eigenvalue weighted by molar-refractivity contribution is 6.20. The maximum absolute atomic E-state index is 5.99. The molecule has 0 fully saturated rings. The van der Waals surface area contributed by atoms with Gasteiger partial charge in [-0.15, -0.1) is 11.6 Å². The lowest BCUT2D eigenvalue weighted by Crippen LogP contribution is -2.00. The Balaban J connectivity index is 2.32. The molecule has 1 nitrogen and oxygen atoms in total. The summed E-state index contributed by atoms with van der Waals surface area (Å²) in [6.45, 7) is 5.05. The van der Waals surface area contributed by atoms with Gasteiger partial charge in [0.2, 0.25) is 0 Å². The maximum atomic E-state index is 5.99. The number of halogens is 1. The molecule has 0 aliphatic rings. The maximum Gasteiger partial charge on any atom is 0.119 e. The lowest BCUT2D eigenvalue weighted by Gasteiger charge is -2.08. The van der Waals surface area contributed by atoms with Crippen LogP contribution in [-0.4, -0.2) is 12.0 Å². The Hall–Kier alpha value is -0.690. The zero-order chi connectivity index (χ0) is 12.5. The normalized spacial score (nSPS) is 12.4. The molecule has 0 aliphatic carbocycles. The highest BCUT2D eigenvalue weighted by Gasteiger charge is 2.01. The smallest absolute Gasteiger partial charge is 0.119 e. The van der Waals surface area contributed by atoms with Gasteiger partial charge in [-0.25, -0.2) is 0 Å². The third-order valence-corrected chi connectivity index (χ3v) is 2.84. The molecule has 0 bridgehead atoms. The van der Waals surface area contributed by atoms with Crippen molar-refractivity contribution < 1.29 is 4.74 Å². The first-order valence-corrected chi connectivity index (χ1v) is 7.02. The largest absolute Gasteiger partial charge is 0.494 e. The number of rotatable bonds is 8. The van der Waals surface area contributed by atoms with Gasteiger partial charge < -0.3 is 4.74 Å². The third-order valence-electron chi connectivity index (χ3n) is 2.68. The van der Waals surface area contributed by atoms with E-state index in [0.29, 0.717) is 0 Å². The molecule has 0 saturated heterocycles. The summed E-state index contributed by atoms with van der Waals surface area (Å²) in [7, 11) is 0. The summed E-state index contributed by atoms with van der Waals surface area (Å²) < 4.78 is 5.73. The van der Waals surface area contributed by atoms with Crippen molar-refractivity contribution in [2.75, 3.05) is 6.61 Å². The Bertz CT molecular complexity index is 310. The Morgan fingerprint density at radius 3 is 2.76 bits per heavy atom. The number of benzene rings is 1. The second-order valence-corrected chi connectivity index (χ2v) is 5.29. The second-order valence-electron chi connectivity index (χ2n) is 4.54. The summed E-state index contributed by atoms with van der Waals surface area (Å²) in [6.07, 6.45) is 5.86. The van der Waals surface area contributed by atoms with Crippen LogP contribution in [0.15, 0.2) is 24.3 Å². The van der Waals surface area contributed by atoms with Crippen LogP contribution in [0.3, 0.4) is 0 Å². The van der Waals surface area contributed by atoms with Gasteiger partial charge in [-0.3, -0.25) is 0 Å². The van der Waals surface area contributed by atoms with Gasteiger partial charge >= 0.3 is 0 Å². The van der Waals surface area contributed by atoms with Gasteiger partial charge in [0.25, 0.3) is 0 Å². The average molecular weight is 255 g/mol. The quantitative estimate of drug-likeness (QED) is 0.478. The molecule has 0 spiro atoms. The Morgan fingerprint density at radius 1 is 1.24 bits per heavy atom. The average Bonchev–Trinajstić information content (AvgIpc) is 2.28. The van der Waals surface area contributed by atoms with Crippen LogP contribution in [-0.2, 0) is 6.42 Å². The van der Waals surface area contributed by atoms with Crippen LogP contribution in [0.2, 0.25) is 0 Å². The molecular formula is C15H23ClO. The molecule has 1 atom stereocenters. The predicted octanol–water partition coefficient (Wildman–Crippen LogP) is 4.82. The Kier molecular flexibility index (Phi) is 7.11. The Morgan fingerprint density at radius 2 is 2.06 bits per heavy atom. The van der Waals surface area contributed by atoms with Crippen molar-refractivity contribution in [3.05, 3.63) is 29.8 Å². The van der Waals surface area contributed by atoms with Gasteiger partial charge in [-0.2, -0.15) is 0 Å². The van der Waals surface area contributed by atoms with Crippen LogP contribution in [0.1, 0.15) is 45.1 Å². The molecule has 0 amide bonds. The van der Waals surface area contributed by atoms with Crippen molar-refractivity contribution in [1.82, 2.24) is 0 Å². The lowest BCUT2D eigenvalue weighted by molar-refractivity contribution is 0.305. The minimum atomic E-state index is 0.176. The minimum absolute atomic E-state index is 0.176. The molecule has 96 valence electrons. The number of hydrogen-bond donors (Lipinski definition) is 0. The Labute approximate surface area is 110 Å². The molecule has 1 aromatic rings. The summed E-state index contributed by atoms with van der Waals surface area (Å²) in [4.78, 5) is 0. The van der Waals surface area contributed by atoms with Crippen LogP contribution < -0.4 is 4.74 Å². The van der Waals surface area contributed by atoms with Crippen LogP contribution in [0, 0.1) is 0 Å². The lowest BCUT2D eigenvalue weighted by atomic mass is 10.1. The summed E-state index contributed by atoms with van der Waals surface area (Å²) in [5.41, 5.74) is 1.25. The summed E-state index contributed by atoms with van der Waals surface area (Å²) in [5, 5.41) is 0.176. The molecule has 0 saturated carbocycles.